The normalized spacial score (nSPS) is 11.6. The molecular weight excluding hydrogens is 407 g/mol. The molecule has 0 saturated heterocycles. The molecule has 4 aromatic rings. The number of fused-ring (bicyclic) bond motifs is 1. The smallest absolute Gasteiger partial charge is 0.417 e. The van der Waals surface area contributed by atoms with E-state index in [1.807, 2.05) is 0 Å². The Morgan fingerprint density at radius 1 is 0.871 bits per heavy atom. The van der Waals surface area contributed by atoms with E-state index in [-0.39, 0.29) is 23.2 Å². The monoisotopic (exact) mass is 423 g/mol. The summed E-state index contributed by atoms with van der Waals surface area (Å²) in [6.45, 7) is 0. The highest BCUT2D eigenvalue weighted by molar-refractivity contribution is 6.12. The number of benzene rings is 3. The Balaban J connectivity index is 1.73. The van der Waals surface area contributed by atoms with Crippen LogP contribution in [0.4, 0.5) is 13.2 Å². The zero-order chi connectivity index (χ0) is 22.2. The minimum Gasteiger partial charge on any atom is -0.481 e. The van der Waals surface area contributed by atoms with Gasteiger partial charge in [-0.2, -0.15) is 13.2 Å². The summed E-state index contributed by atoms with van der Waals surface area (Å²) in [7, 11) is 0. The average molecular weight is 423 g/mol. The molecule has 4 rings (SSSR count). The highest BCUT2D eigenvalue weighted by Crippen LogP contribution is 2.37. The molecule has 0 atom stereocenters. The van der Waals surface area contributed by atoms with Gasteiger partial charge in [-0.25, -0.2) is 0 Å². The van der Waals surface area contributed by atoms with Gasteiger partial charge in [0.1, 0.15) is 0 Å². The topological polar surface area (TPSA) is 70.2 Å². The minimum absolute atomic E-state index is 0.0196. The van der Waals surface area contributed by atoms with Crippen LogP contribution in [0.2, 0.25) is 0 Å². The van der Waals surface area contributed by atoms with Gasteiger partial charge in [0.15, 0.2) is 0 Å². The first-order valence-corrected chi connectivity index (χ1v) is 9.38. The number of carboxylic acid groups (broad SMARTS) is 1. The number of rotatable bonds is 5. The third-order valence-electron chi connectivity index (χ3n) is 5.06. The van der Waals surface area contributed by atoms with Gasteiger partial charge in [-0.3, -0.25) is 9.59 Å². The van der Waals surface area contributed by atoms with Crippen LogP contribution in [0.3, 0.4) is 0 Å². The van der Waals surface area contributed by atoms with Crippen molar-refractivity contribution in [2.75, 3.05) is 0 Å². The van der Waals surface area contributed by atoms with Gasteiger partial charge < -0.3 is 10.1 Å². The minimum atomic E-state index is -4.50. The lowest BCUT2D eigenvalue weighted by Crippen LogP contribution is -2.09. The summed E-state index contributed by atoms with van der Waals surface area (Å²) in [4.78, 5) is 27.4. The van der Waals surface area contributed by atoms with Gasteiger partial charge in [0, 0.05) is 22.0 Å². The molecule has 0 amide bonds. The van der Waals surface area contributed by atoms with Crippen LogP contribution in [0.15, 0.2) is 72.8 Å². The van der Waals surface area contributed by atoms with Crippen LogP contribution in [0.5, 0.6) is 0 Å². The molecule has 2 N–H and O–H groups in total. The lowest BCUT2D eigenvalue weighted by Gasteiger charge is -2.13. The van der Waals surface area contributed by atoms with Gasteiger partial charge >= 0.3 is 12.1 Å². The van der Waals surface area contributed by atoms with Crippen molar-refractivity contribution in [2.45, 2.75) is 12.6 Å². The molecule has 1 heterocycles. The van der Waals surface area contributed by atoms with E-state index in [4.69, 9.17) is 0 Å². The number of ketones is 1. The Morgan fingerprint density at radius 3 is 2.19 bits per heavy atom. The predicted molar refractivity (Wildman–Crippen MR) is 110 cm³/mol. The second-order valence-electron chi connectivity index (χ2n) is 7.04. The van der Waals surface area contributed by atoms with E-state index in [9.17, 15) is 27.9 Å². The maximum atomic E-state index is 13.3. The number of carbonyl (C=O) groups is 2. The molecule has 3 aromatic carbocycles. The lowest BCUT2D eigenvalue weighted by atomic mass is 9.96. The van der Waals surface area contributed by atoms with E-state index in [0.717, 1.165) is 6.07 Å². The zero-order valence-corrected chi connectivity index (χ0v) is 16.0. The van der Waals surface area contributed by atoms with Gasteiger partial charge in [0.25, 0.3) is 0 Å². The van der Waals surface area contributed by atoms with Crippen molar-refractivity contribution < 1.29 is 27.9 Å². The molecule has 0 bridgehead atoms. The molecule has 0 unspecified atom stereocenters. The number of aliphatic carboxylic acids is 1. The summed E-state index contributed by atoms with van der Waals surface area (Å²) in [5.41, 5.74) is 1.00. The lowest BCUT2D eigenvalue weighted by molar-refractivity contribution is -0.137. The predicted octanol–water partition coefficient (Wildman–Crippen LogP) is 5.71. The Bertz CT molecular complexity index is 1290. The fourth-order valence-corrected chi connectivity index (χ4v) is 3.66. The Morgan fingerprint density at radius 2 is 1.52 bits per heavy atom. The molecular formula is C24H16F3NO3. The molecule has 0 aliphatic heterocycles. The fourth-order valence-electron chi connectivity index (χ4n) is 3.66. The van der Waals surface area contributed by atoms with Crippen molar-refractivity contribution >= 4 is 22.7 Å². The summed E-state index contributed by atoms with van der Waals surface area (Å²) >= 11 is 0. The number of H-pyrrole nitrogens is 1. The second-order valence-corrected chi connectivity index (χ2v) is 7.04. The molecule has 0 saturated carbocycles. The van der Waals surface area contributed by atoms with Crippen LogP contribution >= 0.6 is 0 Å². The van der Waals surface area contributed by atoms with E-state index in [0.29, 0.717) is 22.0 Å². The summed E-state index contributed by atoms with van der Waals surface area (Å²) in [6, 6.07) is 18.0. The van der Waals surface area contributed by atoms with E-state index in [1.165, 1.54) is 42.5 Å². The number of carboxylic acids is 1. The molecule has 0 spiro atoms. The second kappa shape index (κ2) is 7.75. The van der Waals surface area contributed by atoms with Crippen LogP contribution in [0.25, 0.3) is 22.0 Å². The van der Waals surface area contributed by atoms with E-state index < -0.39 is 23.5 Å². The van der Waals surface area contributed by atoms with Gasteiger partial charge in [-0.15, -0.1) is 0 Å². The van der Waals surface area contributed by atoms with Crippen LogP contribution in [0.1, 0.15) is 27.2 Å². The van der Waals surface area contributed by atoms with Crippen molar-refractivity contribution in [3.63, 3.8) is 0 Å². The average Bonchev–Trinajstić information content (AvgIpc) is 3.10. The summed E-state index contributed by atoms with van der Waals surface area (Å²) in [5, 5.41) is 9.90. The van der Waals surface area contributed by atoms with Crippen molar-refractivity contribution in [1.29, 1.82) is 0 Å². The highest BCUT2D eigenvalue weighted by atomic mass is 19.4. The van der Waals surface area contributed by atoms with Crippen LogP contribution in [0, 0.1) is 0 Å². The molecule has 7 heteroatoms. The number of halogens is 3. The Kier molecular flexibility index (Phi) is 5.10. The zero-order valence-electron chi connectivity index (χ0n) is 16.0. The maximum Gasteiger partial charge on any atom is 0.417 e. The molecule has 1 aromatic heterocycles. The summed E-state index contributed by atoms with van der Waals surface area (Å²) in [5.74, 6) is -1.50. The first-order chi connectivity index (χ1) is 14.8. The first-order valence-electron chi connectivity index (χ1n) is 9.38. The quantitative estimate of drug-likeness (QED) is 0.404. The van der Waals surface area contributed by atoms with Gasteiger partial charge in [0.05, 0.1) is 17.7 Å². The fraction of sp³-hybridized carbons (Fsp3) is 0.0833. The van der Waals surface area contributed by atoms with Gasteiger partial charge in [0.2, 0.25) is 5.78 Å². The largest absolute Gasteiger partial charge is 0.481 e. The Labute approximate surface area is 175 Å². The van der Waals surface area contributed by atoms with Crippen LogP contribution in [-0.2, 0) is 17.4 Å². The number of hydrogen-bond donors (Lipinski definition) is 2. The van der Waals surface area contributed by atoms with Crippen LogP contribution < -0.4 is 0 Å². The maximum absolute atomic E-state index is 13.3. The molecule has 4 nitrogen and oxygen atoms in total. The standard InChI is InChI=1S/C24H16F3NO3/c25-24(26,27)19-7-3-1-5-16(19)14-9-11-15(12-10-14)23(31)22-18(13-21(29)30)17-6-2-4-8-20(17)28-22/h1-12,28H,13H2,(H,29,30). The van der Waals surface area contributed by atoms with E-state index in [2.05, 4.69) is 4.98 Å². The first kappa shape index (κ1) is 20.4. The summed E-state index contributed by atoms with van der Waals surface area (Å²) < 4.78 is 39.9. The van der Waals surface area contributed by atoms with Crippen molar-refractivity contribution in [1.82, 2.24) is 4.98 Å². The third-order valence-corrected chi connectivity index (χ3v) is 5.06. The number of nitrogens with one attached hydrogen (secondary N) is 1. The molecule has 156 valence electrons. The number of aromatic amines is 1. The molecule has 0 aliphatic rings. The molecule has 0 radical (unpaired) electrons. The van der Waals surface area contributed by atoms with E-state index in [1.54, 1.807) is 24.3 Å². The van der Waals surface area contributed by atoms with Crippen LogP contribution in [-0.4, -0.2) is 21.8 Å². The number of carbonyl (C=O) groups excluding carboxylic acids is 1. The van der Waals surface area contributed by atoms with Gasteiger partial charge in [-0.1, -0.05) is 60.7 Å². The Hall–Kier alpha value is -3.87. The molecule has 0 fully saturated rings. The number of hydrogen-bond acceptors (Lipinski definition) is 2. The van der Waals surface area contributed by atoms with Crippen molar-refractivity contribution in [3.05, 3.63) is 95.2 Å². The van der Waals surface area contributed by atoms with Gasteiger partial charge in [-0.05, 0) is 23.3 Å². The number of alkyl halides is 3. The van der Waals surface area contributed by atoms with Crippen molar-refractivity contribution in [2.24, 2.45) is 0 Å². The van der Waals surface area contributed by atoms with Crippen molar-refractivity contribution in [3.8, 4) is 11.1 Å². The molecule has 0 aliphatic carbocycles. The SMILES string of the molecule is O=C(O)Cc1c(C(=O)c2ccc(-c3ccccc3C(F)(F)F)cc2)[nH]c2ccccc12. The summed E-state index contributed by atoms with van der Waals surface area (Å²) in [6.07, 6.45) is -4.83. The number of para-hydroxylation sites is 1. The third kappa shape index (κ3) is 3.94. The highest BCUT2D eigenvalue weighted by Gasteiger charge is 2.33. The molecule has 31 heavy (non-hydrogen) atoms. The van der Waals surface area contributed by atoms with E-state index >= 15 is 0 Å². The number of aromatic nitrogens is 1.